The number of hydrazine groups is 1. The van der Waals surface area contributed by atoms with Crippen LogP contribution in [0.3, 0.4) is 0 Å². The Kier molecular flexibility index (Phi) is 2.80. The third kappa shape index (κ3) is 1.88. The van der Waals surface area contributed by atoms with Crippen molar-refractivity contribution in [3.63, 3.8) is 0 Å². The normalized spacial score (nSPS) is 36.6. The Morgan fingerprint density at radius 1 is 1.50 bits per heavy atom. The zero-order valence-electron chi connectivity index (χ0n) is 6.85. The van der Waals surface area contributed by atoms with Gasteiger partial charge >= 0.3 is 0 Å². The van der Waals surface area contributed by atoms with E-state index in [1.807, 2.05) is 0 Å². The van der Waals surface area contributed by atoms with Crippen LogP contribution in [-0.2, 0) is 4.84 Å². The Morgan fingerprint density at radius 2 is 2.42 bits per heavy atom. The van der Waals surface area contributed by atoms with Crippen LogP contribution in [0, 0.1) is 0 Å². The van der Waals surface area contributed by atoms with Gasteiger partial charge in [-0.25, -0.2) is 5.43 Å². The van der Waals surface area contributed by atoms with E-state index in [-0.39, 0.29) is 6.10 Å². The first-order valence-electron chi connectivity index (χ1n) is 4.34. The average Bonchev–Trinajstić information content (AvgIpc) is 2.28. The molecule has 1 aliphatic carbocycles. The molecule has 0 aromatic carbocycles. The Morgan fingerprint density at radius 3 is 3.33 bits per heavy atom. The maximum absolute atomic E-state index is 5.40. The number of halogens is 1. The van der Waals surface area contributed by atoms with Gasteiger partial charge in [0.25, 0.3) is 0 Å². The van der Waals surface area contributed by atoms with Crippen LogP contribution < -0.4 is 11.0 Å². The molecule has 12 heavy (non-hydrogen) atoms. The lowest BCUT2D eigenvalue weighted by molar-refractivity contribution is -0.0271. The smallest absolute Gasteiger partial charge is 0.102 e. The van der Waals surface area contributed by atoms with Crippen LogP contribution >= 0.6 is 15.9 Å². The molecule has 0 saturated carbocycles. The summed E-state index contributed by atoms with van der Waals surface area (Å²) in [5, 5.41) is 0. The molecule has 0 spiro atoms. The number of hydrogen-bond donors (Lipinski definition) is 2. The second kappa shape index (κ2) is 3.87. The number of rotatable bonds is 0. The molecule has 0 radical (unpaired) electrons. The van der Waals surface area contributed by atoms with Crippen LogP contribution in [-0.4, -0.2) is 17.5 Å². The maximum Gasteiger partial charge on any atom is 0.102 e. The monoisotopic (exact) mass is 232 g/mol. The summed E-state index contributed by atoms with van der Waals surface area (Å²) < 4.78 is 0. The molecule has 1 saturated heterocycles. The number of hydrogen-bond acceptors (Lipinski definition) is 3. The van der Waals surface area contributed by atoms with E-state index >= 15 is 0 Å². The fourth-order valence-electron chi connectivity index (χ4n) is 1.67. The van der Waals surface area contributed by atoms with E-state index < -0.39 is 0 Å². The molecule has 3 nitrogen and oxygen atoms in total. The lowest BCUT2D eigenvalue weighted by Crippen LogP contribution is -2.33. The number of fused-ring (bicyclic) bond motifs is 1. The zero-order chi connectivity index (χ0) is 8.39. The largest absolute Gasteiger partial charge is 0.279 e. The molecular formula is C8H13BrN2O. The summed E-state index contributed by atoms with van der Waals surface area (Å²) in [5.74, 6) is 0. The second-order valence-electron chi connectivity index (χ2n) is 3.22. The van der Waals surface area contributed by atoms with Gasteiger partial charge in [0.15, 0.2) is 0 Å². The van der Waals surface area contributed by atoms with Gasteiger partial charge in [0, 0.05) is 11.4 Å². The van der Waals surface area contributed by atoms with Crippen molar-refractivity contribution in [2.75, 3.05) is 6.54 Å². The highest BCUT2D eigenvalue weighted by atomic mass is 79.9. The number of alkyl halides is 1. The Balaban J connectivity index is 2.10. The predicted molar refractivity (Wildman–Crippen MR) is 50.7 cm³/mol. The van der Waals surface area contributed by atoms with Crippen LogP contribution in [0.25, 0.3) is 0 Å². The van der Waals surface area contributed by atoms with Gasteiger partial charge in [-0.1, -0.05) is 22.0 Å². The Labute approximate surface area is 80.6 Å². The van der Waals surface area contributed by atoms with Gasteiger partial charge in [0.05, 0.1) is 0 Å². The van der Waals surface area contributed by atoms with E-state index in [0.717, 1.165) is 25.8 Å². The summed E-state index contributed by atoms with van der Waals surface area (Å²) in [6, 6.07) is 0. The molecule has 4 heteroatoms. The molecule has 0 aromatic rings. The summed E-state index contributed by atoms with van der Waals surface area (Å²) in [4.78, 5) is 5.95. The summed E-state index contributed by atoms with van der Waals surface area (Å²) in [6.07, 6.45) is 5.92. The molecule has 2 atom stereocenters. The number of nitrogens with one attached hydrogen (secondary N) is 2. The Hall–Kier alpha value is 0.1000. The maximum atomic E-state index is 5.40. The minimum absolute atomic E-state index is 0.286. The van der Waals surface area contributed by atoms with Crippen molar-refractivity contribution in [1.29, 1.82) is 0 Å². The third-order valence-electron chi connectivity index (χ3n) is 2.33. The van der Waals surface area contributed by atoms with Crippen molar-refractivity contribution >= 4 is 15.9 Å². The molecule has 2 aliphatic rings. The van der Waals surface area contributed by atoms with Crippen LogP contribution in [0.2, 0.25) is 0 Å². The van der Waals surface area contributed by atoms with Crippen molar-refractivity contribution in [3.8, 4) is 0 Å². The van der Waals surface area contributed by atoms with E-state index in [4.69, 9.17) is 4.84 Å². The summed E-state index contributed by atoms with van der Waals surface area (Å²) >= 11 is 3.60. The van der Waals surface area contributed by atoms with E-state index in [1.165, 1.54) is 5.57 Å². The molecule has 1 aliphatic heterocycles. The van der Waals surface area contributed by atoms with Gasteiger partial charge < -0.3 is 0 Å². The topological polar surface area (TPSA) is 33.3 Å². The van der Waals surface area contributed by atoms with Gasteiger partial charge in [0.1, 0.15) is 6.10 Å². The average molecular weight is 233 g/mol. The summed E-state index contributed by atoms with van der Waals surface area (Å²) in [7, 11) is 0. The fourth-order valence-corrected chi connectivity index (χ4v) is 2.27. The Bertz CT molecular complexity index is 195. The predicted octanol–water partition coefficient (Wildman–Crippen LogP) is 1.27. The summed E-state index contributed by atoms with van der Waals surface area (Å²) in [6.45, 7) is 0.946. The highest BCUT2D eigenvalue weighted by Gasteiger charge is 2.23. The SMILES string of the molecule is BrC1C=C2CCNNOC2CC1. The lowest BCUT2D eigenvalue weighted by atomic mass is 9.94. The fraction of sp³-hybridized carbons (Fsp3) is 0.750. The van der Waals surface area contributed by atoms with Gasteiger partial charge in [0.2, 0.25) is 0 Å². The first-order valence-corrected chi connectivity index (χ1v) is 5.26. The molecule has 1 fully saturated rings. The van der Waals surface area contributed by atoms with Crippen molar-refractivity contribution < 1.29 is 4.84 Å². The van der Waals surface area contributed by atoms with Crippen LogP contribution in [0.1, 0.15) is 19.3 Å². The van der Waals surface area contributed by atoms with Crippen molar-refractivity contribution in [3.05, 3.63) is 11.6 Å². The second-order valence-corrected chi connectivity index (χ2v) is 4.40. The summed E-state index contributed by atoms with van der Waals surface area (Å²) in [5.41, 5.74) is 7.16. The molecule has 0 aromatic heterocycles. The molecule has 1 heterocycles. The lowest BCUT2D eigenvalue weighted by Gasteiger charge is -2.23. The van der Waals surface area contributed by atoms with Gasteiger partial charge in [-0.2, -0.15) is 0 Å². The third-order valence-corrected chi connectivity index (χ3v) is 3.05. The first-order chi connectivity index (χ1) is 5.86. The quantitative estimate of drug-likeness (QED) is 0.488. The highest BCUT2D eigenvalue weighted by Crippen LogP contribution is 2.27. The minimum atomic E-state index is 0.286. The van der Waals surface area contributed by atoms with Gasteiger partial charge in [-0.15, -0.1) is 5.59 Å². The van der Waals surface area contributed by atoms with E-state index in [0.29, 0.717) is 4.83 Å². The van der Waals surface area contributed by atoms with E-state index in [2.05, 4.69) is 33.0 Å². The van der Waals surface area contributed by atoms with E-state index in [1.54, 1.807) is 0 Å². The molecule has 2 N–H and O–H groups in total. The van der Waals surface area contributed by atoms with Crippen molar-refractivity contribution in [2.24, 2.45) is 0 Å². The first kappa shape index (κ1) is 8.69. The molecule has 2 rings (SSSR count). The highest BCUT2D eigenvalue weighted by molar-refractivity contribution is 9.09. The minimum Gasteiger partial charge on any atom is -0.279 e. The molecule has 2 unspecified atom stereocenters. The molecular weight excluding hydrogens is 220 g/mol. The van der Waals surface area contributed by atoms with Crippen LogP contribution in [0.15, 0.2) is 11.6 Å². The molecule has 0 bridgehead atoms. The van der Waals surface area contributed by atoms with Crippen molar-refractivity contribution in [1.82, 2.24) is 11.0 Å². The van der Waals surface area contributed by atoms with Gasteiger partial charge in [-0.05, 0) is 24.8 Å². The zero-order valence-corrected chi connectivity index (χ0v) is 8.43. The molecule has 0 amide bonds. The van der Waals surface area contributed by atoms with Crippen molar-refractivity contribution in [2.45, 2.75) is 30.2 Å². The van der Waals surface area contributed by atoms with E-state index in [9.17, 15) is 0 Å². The van der Waals surface area contributed by atoms with Gasteiger partial charge in [-0.3, -0.25) is 4.84 Å². The van der Waals surface area contributed by atoms with Crippen LogP contribution in [0.4, 0.5) is 0 Å². The standard InChI is InChI=1S/C8H13BrN2O/c9-7-1-2-8-6(5-7)3-4-10-11-12-8/h5,7-8,10-11H,1-4H2. The number of allylic oxidation sites excluding steroid dienone is 1. The van der Waals surface area contributed by atoms with Crippen LogP contribution in [0.5, 0.6) is 0 Å². The molecule has 68 valence electrons.